The minimum Gasteiger partial charge on any atom is -0.465 e. The van der Waals surface area contributed by atoms with Gasteiger partial charge in [-0.2, -0.15) is 0 Å². The van der Waals surface area contributed by atoms with Gasteiger partial charge in [0.15, 0.2) is 0 Å². The molecule has 1 saturated heterocycles. The van der Waals surface area contributed by atoms with Crippen LogP contribution in [0.25, 0.3) is 10.2 Å². The van der Waals surface area contributed by atoms with Gasteiger partial charge in [-0.05, 0) is 38.7 Å². The number of aromatic nitrogens is 2. The summed E-state index contributed by atoms with van der Waals surface area (Å²) < 4.78 is 4.84. The Labute approximate surface area is 143 Å². The second kappa shape index (κ2) is 6.72. The minimum absolute atomic E-state index is 0.0158. The first-order chi connectivity index (χ1) is 11.5. The minimum atomic E-state index is -0.383. The van der Waals surface area contributed by atoms with Gasteiger partial charge in [-0.15, -0.1) is 11.3 Å². The monoisotopic (exact) mass is 348 g/mol. The van der Waals surface area contributed by atoms with E-state index in [0.29, 0.717) is 23.1 Å². The maximum atomic E-state index is 12.2. The van der Waals surface area contributed by atoms with Crippen molar-refractivity contribution >= 4 is 39.2 Å². The fraction of sp³-hybridized carbons (Fsp3) is 0.500. The lowest BCUT2D eigenvalue weighted by atomic mass is 10.1. The van der Waals surface area contributed by atoms with Crippen molar-refractivity contribution in [1.29, 1.82) is 0 Å². The first kappa shape index (κ1) is 16.6. The van der Waals surface area contributed by atoms with Crippen molar-refractivity contribution < 1.29 is 14.3 Å². The fourth-order valence-electron chi connectivity index (χ4n) is 2.88. The van der Waals surface area contributed by atoms with Gasteiger partial charge < -0.3 is 15.4 Å². The number of thiophene rings is 1. The fourth-order valence-corrected chi connectivity index (χ4v) is 4.02. The van der Waals surface area contributed by atoms with Crippen molar-refractivity contribution in [3.63, 3.8) is 0 Å². The molecule has 2 aromatic rings. The molecular formula is C16H20N4O3S. The van der Waals surface area contributed by atoms with Crippen molar-refractivity contribution in [2.24, 2.45) is 0 Å². The van der Waals surface area contributed by atoms with Crippen LogP contribution in [0.4, 0.5) is 5.82 Å². The van der Waals surface area contributed by atoms with E-state index in [9.17, 15) is 9.59 Å². The number of aryl methyl sites for hydroxylation is 2. The van der Waals surface area contributed by atoms with Crippen LogP contribution in [0.3, 0.4) is 0 Å². The Hall–Kier alpha value is -2.22. The molecule has 0 aliphatic carbocycles. The maximum Gasteiger partial charge on any atom is 0.348 e. The van der Waals surface area contributed by atoms with Crippen LogP contribution in [0, 0.1) is 13.8 Å². The highest BCUT2D eigenvalue weighted by Crippen LogP contribution is 2.34. The molecule has 1 fully saturated rings. The SMILES string of the molecule is COC(=O)c1sc2nc(C)nc(NC3CCCCNC3=O)c2c1C. The Morgan fingerprint density at radius 3 is 2.88 bits per heavy atom. The molecule has 1 unspecified atom stereocenters. The van der Waals surface area contributed by atoms with Crippen LogP contribution >= 0.6 is 11.3 Å². The number of hydrogen-bond donors (Lipinski definition) is 2. The van der Waals surface area contributed by atoms with Gasteiger partial charge in [-0.25, -0.2) is 14.8 Å². The van der Waals surface area contributed by atoms with E-state index in [2.05, 4.69) is 20.6 Å². The number of ether oxygens (including phenoxy) is 1. The Kier molecular flexibility index (Phi) is 4.66. The first-order valence-corrected chi connectivity index (χ1v) is 8.73. The zero-order valence-corrected chi connectivity index (χ0v) is 14.7. The summed E-state index contributed by atoms with van der Waals surface area (Å²) in [5, 5.41) is 6.95. The van der Waals surface area contributed by atoms with Gasteiger partial charge in [0.1, 0.15) is 27.4 Å². The largest absolute Gasteiger partial charge is 0.465 e. The molecule has 3 rings (SSSR count). The van der Waals surface area contributed by atoms with E-state index in [1.807, 2.05) is 6.92 Å². The average Bonchev–Trinajstić information content (AvgIpc) is 2.74. The summed E-state index contributed by atoms with van der Waals surface area (Å²) in [6.07, 6.45) is 2.70. The summed E-state index contributed by atoms with van der Waals surface area (Å²) >= 11 is 1.29. The summed E-state index contributed by atoms with van der Waals surface area (Å²) in [6, 6.07) is -0.328. The Balaban J connectivity index is 2.04. The second-order valence-electron chi connectivity index (χ2n) is 5.83. The topological polar surface area (TPSA) is 93.2 Å². The first-order valence-electron chi connectivity index (χ1n) is 7.91. The van der Waals surface area contributed by atoms with Crippen molar-refractivity contribution in [2.45, 2.75) is 39.2 Å². The summed E-state index contributed by atoms with van der Waals surface area (Å²) in [5.41, 5.74) is 0.776. The smallest absolute Gasteiger partial charge is 0.348 e. The Bertz CT molecular complexity index is 802. The van der Waals surface area contributed by atoms with E-state index in [1.165, 1.54) is 18.4 Å². The number of carbonyl (C=O) groups is 2. The van der Waals surface area contributed by atoms with Gasteiger partial charge >= 0.3 is 5.97 Å². The van der Waals surface area contributed by atoms with Crippen molar-refractivity contribution in [3.8, 4) is 0 Å². The van der Waals surface area contributed by atoms with Gasteiger partial charge in [-0.1, -0.05) is 0 Å². The van der Waals surface area contributed by atoms with E-state index < -0.39 is 0 Å². The highest BCUT2D eigenvalue weighted by Gasteiger charge is 2.25. The molecule has 0 saturated carbocycles. The van der Waals surface area contributed by atoms with E-state index in [1.54, 1.807) is 6.92 Å². The van der Waals surface area contributed by atoms with Crippen molar-refractivity contribution in [3.05, 3.63) is 16.3 Å². The number of amides is 1. The molecule has 24 heavy (non-hydrogen) atoms. The van der Waals surface area contributed by atoms with Crippen LogP contribution in [0.5, 0.6) is 0 Å². The van der Waals surface area contributed by atoms with Gasteiger partial charge in [-0.3, -0.25) is 4.79 Å². The number of anilines is 1. The van der Waals surface area contributed by atoms with Crippen LogP contribution in [0.1, 0.15) is 40.3 Å². The van der Waals surface area contributed by atoms with Gasteiger partial charge in [0.2, 0.25) is 5.91 Å². The molecule has 3 heterocycles. The predicted octanol–water partition coefficient (Wildman–Crippen LogP) is 2.18. The van der Waals surface area contributed by atoms with Crippen LogP contribution in [0.2, 0.25) is 0 Å². The molecule has 128 valence electrons. The summed E-state index contributed by atoms with van der Waals surface area (Å²) in [4.78, 5) is 34.3. The van der Waals surface area contributed by atoms with Crippen LogP contribution in [0.15, 0.2) is 0 Å². The standard InChI is InChI=1S/C16H20N4O3S/c1-8-11-13(20-10-6-4-5-7-17-14(10)21)18-9(2)19-15(11)24-12(8)16(22)23-3/h10H,4-7H2,1-3H3,(H,17,21)(H,18,19,20). The number of methoxy groups -OCH3 is 1. The molecule has 1 atom stereocenters. The van der Waals surface area contributed by atoms with Crippen molar-refractivity contribution in [2.75, 3.05) is 19.0 Å². The number of nitrogens with one attached hydrogen (secondary N) is 2. The molecule has 0 radical (unpaired) electrons. The normalized spacial score (nSPS) is 18.1. The maximum absolute atomic E-state index is 12.2. The Morgan fingerprint density at radius 1 is 1.33 bits per heavy atom. The van der Waals surface area contributed by atoms with Gasteiger partial charge in [0.05, 0.1) is 12.5 Å². The van der Waals surface area contributed by atoms with E-state index in [0.717, 1.165) is 35.0 Å². The molecule has 0 bridgehead atoms. The highest BCUT2D eigenvalue weighted by atomic mass is 32.1. The van der Waals surface area contributed by atoms with Gasteiger partial charge in [0, 0.05) is 6.54 Å². The lowest BCUT2D eigenvalue weighted by Gasteiger charge is -2.17. The second-order valence-corrected chi connectivity index (χ2v) is 6.83. The molecule has 1 aliphatic rings. The van der Waals surface area contributed by atoms with E-state index in [4.69, 9.17) is 4.74 Å². The van der Waals surface area contributed by atoms with Crippen LogP contribution in [-0.2, 0) is 9.53 Å². The molecule has 0 spiro atoms. The molecule has 2 N–H and O–H groups in total. The van der Waals surface area contributed by atoms with Crippen LogP contribution < -0.4 is 10.6 Å². The number of nitrogens with zero attached hydrogens (tertiary/aromatic N) is 2. The molecule has 0 aromatic carbocycles. The molecule has 2 aromatic heterocycles. The van der Waals surface area contributed by atoms with Crippen LogP contribution in [-0.4, -0.2) is 41.5 Å². The van der Waals surface area contributed by atoms with E-state index >= 15 is 0 Å². The summed E-state index contributed by atoms with van der Waals surface area (Å²) in [6.45, 7) is 4.35. The molecule has 7 nitrogen and oxygen atoms in total. The number of rotatable bonds is 3. The molecule has 1 aliphatic heterocycles. The average molecular weight is 348 g/mol. The summed E-state index contributed by atoms with van der Waals surface area (Å²) in [5.74, 6) is 0.796. The number of fused-ring (bicyclic) bond motifs is 1. The molecule has 8 heteroatoms. The number of hydrogen-bond acceptors (Lipinski definition) is 7. The predicted molar refractivity (Wildman–Crippen MR) is 92.5 cm³/mol. The molecule has 1 amide bonds. The quantitative estimate of drug-likeness (QED) is 0.826. The number of esters is 1. The lowest BCUT2D eigenvalue weighted by Crippen LogP contribution is -2.38. The number of carbonyl (C=O) groups excluding carboxylic acids is 2. The Morgan fingerprint density at radius 2 is 2.12 bits per heavy atom. The highest BCUT2D eigenvalue weighted by molar-refractivity contribution is 7.20. The third-order valence-electron chi connectivity index (χ3n) is 4.12. The van der Waals surface area contributed by atoms with Gasteiger partial charge in [0.25, 0.3) is 0 Å². The third kappa shape index (κ3) is 3.06. The lowest BCUT2D eigenvalue weighted by molar-refractivity contribution is -0.121. The zero-order chi connectivity index (χ0) is 17.3. The third-order valence-corrected chi connectivity index (χ3v) is 5.28. The van der Waals surface area contributed by atoms with E-state index in [-0.39, 0.29) is 17.9 Å². The van der Waals surface area contributed by atoms with Crippen molar-refractivity contribution in [1.82, 2.24) is 15.3 Å². The molecular weight excluding hydrogens is 328 g/mol. The summed E-state index contributed by atoms with van der Waals surface area (Å²) in [7, 11) is 1.36. The zero-order valence-electron chi connectivity index (χ0n) is 13.9.